The summed E-state index contributed by atoms with van der Waals surface area (Å²) in [6.45, 7) is 1.77. The zero-order chi connectivity index (χ0) is 16.7. The molecule has 1 aromatic heterocycles. The minimum atomic E-state index is -0.225. The van der Waals surface area contributed by atoms with Gasteiger partial charge in [-0.25, -0.2) is 4.98 Å². The van der Waals surface area contributed by atoms with Gasteiger partial charge in [-0.15, -0.1) is 0 Å². The number of aromatic amines is 1. The number of aryl methyl sites for hydroxylation is 1. The third kappa shape index (κ3) is 2.73. The topological polar surface area (TPSA) is 78.1 Å². The van der Waals surface area contributed by atoms with Crippen LogP contribution in [0.4, 0.5) is 5.69 Å². The molecule has 2 N–H and O–H groups in total. The zero-order valence-electron chi connectivity index (χ0n) is 12.9. The third-order valence-electron chi connectivity index (χ3n) is 3.56. The predicted molar refractivity (Wildman–Crippen MR) is 89.3 cm³/mol. The minimum absolute atomic E-state index is 0.192. The Balaban J connectivity index is 2.03. The highest BCUT2D eigenvalue weighted by molar-refractivity contribution is 6.36. The fourth-order valence-electron chi connectivity index (χ4n) is 2.41. The number of benzene rings is 1. The van der Waals surface area contributed by atoms with Crippen LogP contribution in [0.5, 0.6) is 0 Å². The number of H-pyrrole nitrogens is 1. The number of halogens is 1. The maximum atomic E-state index is 12.1. The Morgan fingerprint density at radius 3 is 2.78 bits per heavy atom. The van der Waals surface area contributed by atoms with Gasteiger partial charge in [-0.05, 0) is 31.2 Å². The van der Waals surface area contributed by atoms with Crippen molar-refractivity contribution in [3.05, 3.63) is 46.0 Å². The van der Waals surface area contributed by atoms with Crippen LogP contribution in [-0.4, -0.2) is 40.8 Å². The smallest absolute Gasteiger partial charge is 0.273 e. The number of amides is 2. The Bertz CT molecular complexity index is 852. The molecule has 3 rings (SSSR count). The van der Waals surface area contributed by atoms with Crippen LogP contribution in [0.15, 0.2) is 18.2 Å². The number of nitrogens with zero attached hydrogens (tertiary/aromatic N) is 2. The van der Waals surface area contributed by atoms with Crippen molar-refractivity contribution in [1.29, 1.82) is 0 Å². The highest BCUT2D eigenvalue weighted by Gasteiger charge is 2.25. The minimum Gasteiger partial charge on any atom is -0.343 e. The second kappa shape index (κ2) is 5.55. The van der Waals surface area contributed by atoms with E-state index in [0.29, 0.717) is 33.5 Å². The number of nitrogens with one attached hydrogen (secondary N) is 2. The lowest BCUT2D eigenvalue weighted by Gasteiger charge is -2.07. The summed E-state index contributed by atoms with van der Waals surface area (Å²) in [7, 11) is 3.33. The van der Waals surface area contributed by atoms with Crippen molar-refractivity contribution in [1.82, 2.24) is 14.9 Å². The van der Waals surface area contributed by atoms with Crippen LogP contribution in [-0.2, 0) is 4.79 Å². The number of hydrogen-bond donors (Lipinski definition) is 2. The molecule has 118 valence electrons. The summed E-state index contributed by atoms with van der Waals surface area (Å²) < 4.78 is 0. The van der Waals surface area contributed by atoms with Gasteiger partial charge in [0.25, 0.3) is 11.8 Å². The molecule has 6 nitrogen and oxygen atoms in total. The summed E-state index contributed by atoms with van der Waals surface area (Å²) in [5.41, 5.74) is 2.88. The molecule has 0 unspecified atom stereocenters. The predicted octanol–water partition coefficient (Wildman–Crippen LogP) is 2.57. The highest BCUT2D eigenvalue weighted by atomic mass is 35.5. The molecule has 0 atom stereocenters. The molecule has 23 heavy (non-hydrogen) atoms. The first kappa shape index (κ1) is 15.3. The third-order valence-corrected chi connectivity index (χ3v) is 3.79. The molecule has 2 aromatic rings. The van der Waals surface area contributed by atoms with Gasteiger partial charge in [-0.1, -0.05) is 11.6 Å². The Morgan fingerprint density at radius 2 is 2.09 bits per heavy atom. The summed E-state index contributed by atoms with van der Waals surface area (Å²) in [5, 5.41) is 3.32. The van der Waals surface area contributed by atoms with Gasteiger partial charge in [-0.2, -0.15) is 0 Å². The molecule has 1 aliphatic rings. The lowest BCUT2D eigenvalue weighted by atomic mass is 10.1. The maximum absolute atomic E-state index is 12.1. The van der Waals surface area contributed by atoms with Crippen LogP contribution in [0, 0.1) is 6.92 Å². The molecule has 0 aliphatic carbocycles. The van der Waals surface area contributed by atoms with E-state index in [1.807, 2.05) is 0 Å². The Hall–Kier alpha value is -2.60. The van der Waals surface area contributed by atoms with E-state index in [-0.39, 0.29) is 11.8 Å². The molecule has 0 saturated carbocycles. The first-order chi connectivity index (χ1) is 10.9. The van der Waals surface area contributed by atoms with Gasteiger partial charge in [-0.3, -0.25) is 9.59 Å². The van der Waals surface area contributed by atoms with Gasteiger partial charge in [0.15, 0.2) is 0 Å². The van der Waals surface area contributed by atoms with Gasteiger partial charge in [0.05, 0.1) is 5.57 Å². The number of imidazole rings is 1. The lowest BCUT2D eigenvalue weighted by molar-refractivity contribution is -0.110. The van der Waals surface area contributed by atoms with Crippen LogP contribution < -0.4 is 5.32 Å². The molecular weight excluding hydrogens is 316 g/mol. The average molecular weight is 331 g/mol. The van der Waals surface area contributed by atoms with Crippen LogP contribution >= 0.6 is 11.6 Å². The SMILES string of the molecule is Cc1[nH]c(/C=C2\C(=O)Nc3ccc(Cl)cc32)nc1C(=O)N(C)C. The fraction of sp³-hybridized carbons (Fsp3) is 0.188. The standard InChI is InChI=1S/C16H15ClN4O2/c1-8-14(16(23)21(2)3)20-13(18-8)7-11-10-6-9(17)4-5-12(10)19-15(11)22/h4-7H,1-3H3,(H,18,20)(H,19,22)/b11-7-. The second-order valence-electron chi connectivity index (χ2n) is 5.50. The van der Waals surface area contributed by atoms with Crippen LogP contribution in [0.3, 0.4) is 0 Å². The van der Waals surface area contributed by atoms with E-state index in [0.717, 1.165) is 5.56 Å². The first-order valence-electron chi connectivity index (χ1n) is 6.98. The zero-order valence-corrected chi connectivity index (χ0v) is 13.7. The molecule has 0 saturated heterocycles. The average Bonchev–Trinajstić information content (AvgIpc) is 2.99. The van der Waals surface area contributed by atoms with E-state index >= 15 is 0 Å². The van der Waals surface area contributed by atoms with Crippen molar-refractivity contribution < 1.29 is 9.59 Å². The number of carbonyl (C=O) groups excluding carboxylic acids is 2. The van der Waals surface area contributed by atoms with E-state index in [4.69, 9.17) is 11.6 Å². The van der Waals surface area contributed by atoms with Gasteiger partial charge < -0.3 is 15.2 Å². The Kier molecular flexibility index (Phi) is 3.69. The van der Waals surface area contributed by atoms with Crippen LogP contribution in [0.25, 0.3) is 11.6 Å². The van der Waals surface area contributed by atoms with Crippen molar-refractivity contribution in [2.75, 3.05) is 19.4 Å². The number of aromatic nitrogens is 2. The second-order valence-corrected chi connectivity index (χ2v) is 5.93. The Morgan fingerprint density at radius 1 is 1.35 bits per heavy atom. The number of fused-ring (bicyclic) bond motifs is 1. The van der Waals surface area contributed by atoms with Gasteiger partial charge in [0.1, 0.15) is 11.5 Å². The molecular formula is C16H15ClN4O2. The molecule has 1 aliphatic heterocycles. The number of anilines is 1. The summed E-state index contributed by atoms with van der Waals surface area (Å²) in [4.78, 5) is 33.0. The van der Waals surface area contributed by atoms with Crippen LogP contribution in [0.2, 0.25) is 5.02 Å². The summed E-state index contributed by atoms with van der Waals surface area (Å²) in [6.07, 6.45) is 1.62. The lowest BCUT2D eigenvalue weighted by Crippen LogP contribution is -2.22. The van der Waals surface area contributed by atoms with E-state index in [9.17, 15) is 9.59 Å². The molecule has 2 amide bonds. The molecule has 0 radical (unpaired) electrons. The monoisotopic (exact) mass is 330 g/mol. The number of rotatable bonds is 2. The molecule has 0 bridgehead atoms. The summed E-state index contributed by atoms with van der Waals surface area (Å²) in [5.74, 6) is 0.0326. The van der Waals surface area contributed by atoms with E-state index in [2.05, 4.69) is 15.3 Å². The van der Waals surface area contributed by atoms with Gasteiger partial charge in [0, 0.05) is 36.1 Å². The van der Waals surface area contributed by atoms with Crippen molar-refractivity contribution in [3.8, 4) is 0 Å². The highest BCUT2D eigenvalue weighted by Crippen LogP contribution is 2.34. The first-order valence-corrected chi connectivity index (χ1v) is 7.36. The molecule has 1 aromatic carbocycles. The quantitative estimate of drug-likeness (QED) is 0.831. The van der Waals surface area contributed by atoms with Crippen molar-refractivity contribution in [3.63, 3.8) is 0 Å². The summed E-state index contributed by atoms with van der Waals surface area (Å²) >= 11 is 6.01. The van der Waals surface area contributed by atoms with Gasteiger partial charge in [0.2, 0.25) is 0 Å². The Labute approximate surface area is 138 Å². The number of carbonyl (C=O) groups is 2. The van der Waals surface area contributed by atoms with E-state index < -0.39 is 0 Å². The van der Waals surface area contributed by atoms with Crippen LogP contribution in [0.1, 0.15) is 27.6 Å². The summed E-state index contributed by atoms with van der Waals surface area (Å²) in [6, 6.07) is 5.20. The fourth-order valence-corrected chi connectivity index (χ4v) is 2.58. The molecule has 0 spiro atoms. The molecule has 0 fully saturated rings. The van der Waals surface area contributed by atoms with Crippen molar-refractivity contribution in [2.45, 2.75) is 6.92 Å². The number of hydrogen-bond acceptors (Lipinski definition) is 3. The van der Waals surface area contributed by atoms with Crippen molar-refractivity contribution >= 4 is 40.8 Å². The normalized spacial score (nSPS) is 14.8. The molecule has 2 heterocycles. The maximum Gasteiger partial charge on any atom is 0.273 e. The van der Waals surface area contributed by atoms with E-state index in [1.165, 1.54) is 4.90 Å². The van der Waals surface area contributed by atoms with Gasteiger partial charge >= 0.3 is 0 Å². The largest absolute Gasteiger partial charge is 0.343 e. The van der Waals surface area contributed by atoms with E-state index in [1.54, 1.807) is 45.3 Å². The molecule has 7 heteroatoms. The van der Waals surface area contributed by atoms with Crippen molar-refractivity contribution in [2.24, 2.45) is 0 Å².